The smallest absolute Gasteiger partial charge is 0.250 e. The third kappa shape index (κ3) is 4.02. The molecule has 0 radical (unpaired) electrons. The van der Waals surface area contributed by atoms with Gasteiger partial charge in [0, 0.05) is 17.5 Å². The van der Waals surface area contributed by atoms with Gasteiger partial charge in [0.1, 0.15) is 4.21 Å². The molecule has 0 aromatic carbocycles. The van der Waals surface area contributed by atoms with Crippen molar-refractivity contribution in [1.82, 2.24) is 10.0 Å². The first kappa shape index (κ1) is 15.9. The normalized spacial score (nSPS) is 22.7. The molecule has 1 saturated carbocycles. The number of hydrogen-bond acceptors (Lipinski definition) is 5. The minimum atomic E-state index is -3.37. The molecule has 1 aromatic heterocycles. The number of sulfonamides is 1. The molecule has 1 aromatic rings. The minimum absolute atomic E-state index is 0.0133. The van der Waals surface area contributed by atoms with Gasteiger partial charge in [0.25, 0.3) is 0 Å². The minimum Gasteiger partial charge on any atom is -0.378 e. The lowest BCUT2D eigenvalue weighted by Crippen LogP contribution is -2.47. The molecule has 7 heteroatoms. The summed E-state index contributed by atoms with van der Waals surface area (Å²) in [5, 5.41) is 3.06. The lowest BCUT2D eigenvalue weighted by molar-refractivity contribution is -0.00474. The van der Waals surface area contributed by atoms with Gasteiger partial charge in [-0.25, -0.2) is 13.1 Å². The summed E-state index contributed by atoms with van der Waals surface area (Å²) in [7, 11) is -1.48. The van der Waals surface area contributed by atoms with Crippen LogP contribution in [0.15, 0.2) is 16.3 Å². The van der Waals surface area contributed by atoms with Crippen LogP contribution in [-0.4, -0.2) is 40.8 Å². The van der Waals surface area contributed by atoms with Gasteiger partial charge in [0.05, 0.1) is 6.10 Å². The van der Waals surface area contributed by atoms with Crippen LogP contribution >= 0.6 is 11.3 Å². The lowest BCUT2D eigenvalue weighted by atomic mass is 9.90. The molecule has 0 atom stereocenters. The van der Waals surface area contributed by atoms with E-state index in [1.165, 1.54) is 11.3 Å². The van der Waals surface area contributed by atoms with Gasteiger partial charge in [-0.3, -0.25) is 0 Å². The Kier molecular flexibility index (Phi) is 5.57. The molecule has 1 aliphatic carbocycles. The van der Waals surface area contributed by atoms with Crippen molar-refractivity contribution < 1.29 is 13.2 Å². The van der Waals surface area contributed by atoms with Gasteiger partial charge in [-0.05, 0) is 51.9 Å². The van der Waals surface area contributed by atoms with Crippen LogP contribution < -0.4 is 10.0 Å². The van der Waals surface area contributed by atoms with Crippen molar-refractivity contribution >= 4 is 21.4 Å². The van der Waals surface area contributed by atoms with Crippen LogP contribution in [0.4, 0.5) is 0 Å². The standard InChI is InChI=1S/C13H22N2O3S2/c1-3-18-11-8-10(9-11)15-20(16,17)13-5-4-12(19-13)6-7-14-2/h4-5,10-11,14-15H,3,6-9H2,1-2H3. The fraction of sp³-hybridized carbons (Fsp3) is 0.692. The summed E-state index contributed by atoms with van der Waals surface area (Å²) in [6.45, 7) is 3.49. The van der Waals surface area contributed by atoms with Crippen molar-refractivity contribution in [3.05, 3.63) is 17.0 Å². The molecular weight excluding hydrogens is 296 g/mol. The van der Waals surface area contributed by atoms with Crippen molar-refractivity contribution in [3.63, 3.8) is 0 Å². The van der Waals surface area contributed by atoms with Crippen LogP contribution in [0.3, 0.4) is 0 Å². The van der Waals surface area contributed by atoms with Gasteiger partial charge in [0.15, 0.2) is 0 Å². The zero-order chi connectivity index (χ0) is 14.6. The fourth-order valence-corrected chi connectivity index (χ4v) is 4.83. The van der Waals surface area contributed by atoms with Crippen LogP contribution in [-0.2, 0) is 21.2 Å². The van der Waals surface area contributed by atoms with Gasteiger partial charge >= 0.3 is 0 Å². The number of rotatable bonds is 8. The number of nitrogens with one attached hydrogen (secondary N) is 2. The first-order chi connectivity index (χ1) is 9.55. The Morgan fingerprint density at radius 3 is 2.80 bits per heavy atom. The lowest BCUT2D eigenvalue weighted by Gasteiger charge is -2.34. The van der Waals surface area contributed by atoms with E-state index >= 15 is 0 Å². The number of thiophene rings is 1. The number of likely N-dealkylation sites (N-methyl/N-ethyl adjacent to an activating group) is 1. The van der Waals surface area contributed by atoms with Gasteiger partial charge in [-0.1, -0.05) is 0 Å². The van der Waals surface area contributed by atoms with Crippen molar-refractivity contribution in [2.45, 2.75) is 42.5 Å². The zero-order valence-electron chi connectivity index (χ0n) is 11.9. The summed E-state index contributed by atoms with van der Waals surface area (Å²) in [5.41, 5.74) is 0. The van der Waals surface area contributed by atoms with E-state index in [1.54, 1.807) is 6.07 Å². The van der Waals surface area contributed by atoms with E-state index in [4.69, 9.17) is 4.74 Å². The zero-order valence-corrected chi connectivity index (χ0v) is 13.5. The van der Waals surface area contributed by atoms with Crippen LogP contribution in [0.25, 0.3) is 0 Å². The largest absolute Gasteiger partial charge is 0.378 e. The molecule has 1 fully saturated rings. The Bertz CT molecular complexity index is 521. The maximum atomic E-state index is 12.2. The third-order valence-electron chi connectivity index (χ3n) is 3.34. The molecule has 0 bridgehead atoms. The first-order valence-electron chi connectivity index (χ1n) is 6.92. The molecule has 0 amide bonds. The quantitative estimate of drug-likeness (QED) is 0.759. The van der Waals surface area contributed by atoms with Crippen LogP contribution in [0.5, 0.6) is 0 Å². The van der Waals surface area contributed by atoms with E-state index in [1.807, 2.05) is 20.0 Å². The highest BCUT2D eigenvalue weighted by Crippen LogP contribution is 2.27. The SMILES string of the molecule is CCOC1CC(NS(=O)(=O)c2ccc(CCNC)s2)C1. The van der Waals surface area contributed by atoms with Gasteiger partial charge in [-0.15, -0.1) is 11.3 Å². The number of ether oxygens (including phenoxy) is 1. The van der Waals surface area contributed by atoms with Crippen LogP contribution in [0.1, 0.15) is 24.6 Å². The molecule has 0 saturated heterocycles. The van der Waals surface area contributed by atoms with E-state index in [-0.39, 0.29) is 12.1 Å². The molecular formula is C13H22N2O3S2. The highest BCUT2D eigenvalue weighted by atomic mass is 32.2. The Morgan fingerprint density at radius 2 is 2.15 bits per heavy atom. The topological polar surface area (TPSA) is 67.4 Å². The van der Waals surface area contributed by atoms with Crippen LogP contribution in [0, 0.1) is 0 Å². The van der Waals surface area contributed by atoms with E-state index in [2.05, 4.69) is 10.0 Å². The van der Waals surface area contributed by atoms with Gasteiger partial charge < -0.3 is 10.1 Å². The Labute approximate surface area is 124 Å². The molecule has 114 valence electrons. The molecule has 0 unspecified atom stereocenters. The van der Waals surface area contributed by atoms with Gasteiger partial charge in [0.2, 0.25) is 10.0 Å². The average Bonchev–Trinajstić information content (AvgIpc) is 2.83. The second-order valence-corrected chi connectivity index (χ2v) is 8.05. The molecule has 0 aliphatic heterocycles. The van der Waals surface area contributed by atoms with Gasteiger partial charge in [-0.2, -0.15) is 0 Å². The Balaban J connectivity index is 1.89. The molecule has 0 spiro atoms. The summed E-state index contributed by atoms with van der Waals surface area (Å²) in [4.78, 5) is 1.08. The second kappa shape index (κ2) is 7.00. The predicted molar refractivity (Wildman–Crippen MR) is 80.7 cm³/mol. The molecule has 5 nitrogen and oxygen atoms in total. The van der Waals surface area contributed by atoms with Crippen molar-refractivity contribution in [2.75, 3.05) is 20.2 Å². The Hall–Kier alpha value is -0.470. The summed E-state index contributed by atoms with van der Waals surface area (Å²) < 4.78 is 33.1. The highest BCUT2D eigenvalue weighted by molar-refractivity contribution is 7.91. The predicted octanol–water partition coefficient (Wildman–Crippen LogP) is 1.36. The monoisotopic (exact) mass is 318 g/mol. The highest BCUT2D eigenvalue weighted by Gasteiger charge is 2.33. The maximum Gasteiger partial charge on any atom is 0.250 e. The number of hydrogen-bond donors (Lipinski definition) is 2. The van der Waals surface area contributed by atoms with E-state index in [9.17, 15) is 8.42 Å². The van der Waals surface area contributed by atoms with E-state index in [0.717, 1.165) is 30.7 Å². The molecule has 1 aliphatic rings. The second-order valence-electron chi connectivity index (χ2n) is 4.94. The average molecular weight is 318 g/mol. The van der Waals surface area contributed by atoms with E-state index in [0.29, 0.717) is 10.8 Å². The summed E-state index contributed by atoms with van der Waals surface area (Å²) in [5.74, 6) is 0. The van der Waals surface area contributed by atoms with Crippen molar-refractivity contribution in [3.8, 4) is 0 Å². The first-order valence-corrected chi connectivity index (χ1v) is 9.22. The molecule has 2 N–H and O–H groups in total. The van der Waals surface area contributed by atoms with E-state index < -0.39 is 10.0 Å². The maximum absolute atomic E-state index is 12.2. The summed E-state index contributed by atoms with van der Waals surface area (Å²) in [6.07, 6.45) is 2.60. The molecule has 1 heterocycles. The van der Waals surface area contributed by atoms with Crippen molar-refractivity contribution in [2.24, 2.45) is 0 Å². The summed E-state index contributed by atoms with van der Waals surface area (Å²) >= 11 is 1.35. The van der Waals surface area contributed by atoms with Crippen molar-refractivity contribution in [1.29, 1.82) is 0 Å². The summed E-state index contributed by atoms with van der Waals surface area (Å²) in [6, 6.07) is 3.59. The molecule has 2 rings (SSSR count). The molecule has 20 heavy (non-hydrogen) atoms. The fourth-order valence-electron chi connectivity index (χ4n) is 2.20. The third-order valence-corrected chi connectivity index (χ3v) is 6.50. The van der Waals surface area contributed by atoms with Crippen LogP contribution in [0.2, 0.25) is 0 Å². The Morgan fingerprint density at radius 1 is 1.40 bits per heavy atom.